The number of benzene rings is 1. The first kappa shape index (κ1) is 21.4. The van der Waals surface area contributed by atoms with E-state index in [2.05, 4.69) is 10.2 Å². The average Bonchev–Trinajstić information content (AvgIpc) is 3.20. The number of nitrogens with one attached hydrogen (secondary N) is 1. The third kappa shape index (κ3) is 6.09. The molecule has 1 aromatic carbocycles. The molecule has 0 unspecified atom stereocenters. The van der Waals surface area contributed by atoms with Crippen LogP contribution in [0.2, 0.25) is 5.02 Å². The van der Waals surface area contributed by atoms with Crippen molar-refractivity contribution in [3.63, 3.8) is 0 Å². The highest BCUT2D eigenvalue weighted by Crippen LogP contribution is 2.28. The van der Waals surface area contributed by atoms with Crippen molar-refractivity contribution in [2.75, 3.05) is 43.4 Å². The molecule has 1 N–H and O–H groups in total. The smallest absolute Gasteiger partial charge is 0.220 e. The SMILES string of the molecule is O=C(CCC1CCCC1)NCCS(=O)(=O)N1CCN(c2cccc(Cl)c2)CC1. The van der Waals surface area contributed by atoms with Crippen molar-refractivity contribution in [3.05, 3.63) is 29.3 Å². The number of halogens is 1. The van der Waals surface area contributed by atoms with Crippen molar-refractivity contribution in [3.8, 4) is 0 Å². The van der Waals surface area contributed by atoms with Crippen molar-refractivity contribution < 1.29 is 13.2 Å². The third-order valence-corrected chi connectivity index (χ3v) is 7.85. The summed E-state index contributed by atoms with van der Waals surface area (Å²) in [5, 5.41) is 3.45. The van der Waals surface area contributed by atoms with E-state index in [0.717, 1.165) is 12.1 Å². The van der Waals surface area contributed by atoms with E-state index in [1.165, 1.54) is 30.0 Å². The fourth-order valence-corrected chi connectivity index (χ4v) is 5.59. The standard InChI is InChI=1S/C20H30ClN3O3S/c21-18-6-3-7-19(16-18)23-11-13-24(14-12-23)28(26,27)15-10-22-20(25)9-8-17-4-1-2-5-17/h3,6-7,16-17H,1-2,4-5,8-15H2,(H,22,25). The first-order valence-electron chi connectivity index (χ1n) is 10.2. The lowest BCUT2D eigenvalue weighted by Gasteiger charge is -2.35. The van der Waals surface area contributed by atoms with E-state index < -0.39 is 10.0 Å². The Kier molecular flexibility index (Phi) is 7.60. The molecule has 2 fully saturated rings. The maximum atomic E-state index is 12.6. The topological polar surface area (TPSA) is 69.7 Å². The van der Waals surface area contributed by atoms with Crippen LogP contribution in [-0.2, 0) is 14.8 Å². The van der Waals surface area contributed by atoms with Crippen LogP contribution in [0.3, 0.4) is 0 Å². The Morgan fingerprint density at radius 1 is 1.14 bits per heavy atom. The number of anilines is 1. The van der Waals surface area contributed by atoms with Gasteiger partial charge in [-0.1, -0.05) is 43.4 Å². The molecule has 1 amide bonds. The molecular weight excluding hydrogens is 398 g/mol. The van der Waals surface area contributed by atoms with Crippen LogP contribution in [0, 0.1) is 5.92 Å². The molecular formula is C20H30ClN3O3S. The van der Waals surface area contributed by atoms with Crippen molar-refractivity contribution in [1.29, 1.82) is 0 Å². The van der Waals surface area contributed by atoms with Crippen LogP contribution in [0.4, 0.5) is 5.69 Å². The lowest BCUT2D eigenvalue weighted by atomic mass is 10.0. The normalized spacial score (nSPS) is 19.1. The monoisotopic (exact) mass is 427 g/mol. The fraction of sp³-hybridized carbons (Fsp3) is 0.650. The minimum Gasteiger partial charge on any atom is -0.369 e. The molecule has 1 saturated heterocycles. The van der Waals surface area contributed by atoms with E-state index in [4.69, 9.17) is 11.6 Å². The number of piperazine rings is 1. The minimum absolute atomic E-state index is 0.0344. The third-order valence-electron chi connectivity index (χ3n) is 5.74. The van der Waals surface area contributed by atoms with E-state index in [9.17, 15) is 13.2 Å². The van der Waals surface area contributed by atoms with Gasteiger partial charge in [-0.3, -0.25) is 4.79 Å². The molecule has 8 heteroatoms. The predicted molar refractivity (Wildman–Crippen MR) is 113 cm³/mol. The van der Waals surface area contributed by atoms with Crippen LogP contribution in [0.1, 0.15) is 38.5 Å². The van der Waals surface area contributed by atoms with Gasteiger partial charge < -0.3 is 10.2 Å². The molecule has 6 nitrogen and oxygen atoms in total. The maximum absolute atomic E-state index is 12.6. The van der Waals surface area contributed by atoms with Crippen LogP contribution >= 0.6 is 11.6 Å². The molecule has 1 aromatic rings. The largest absolute Gasteiger partial charge is 0.369 e. The zero-order valence-corrected chi connectivity index (χ0v) is 17.8. The van der Waals surface area contributed by atoms with Gasteiger partial charge in [0.25, 0.3) is 0 Å². The van der Waals surface area contributed by atoms with Crippen LogP contribution in [0.5, 0.6) is 0 Å². The molecule has 3 rings (SSSR count). The van der Waals surface area contributed by atoms with Gasteiger partial charge in [-0.05, 0) is 30.5 Å². The molecule has 1 aliphatic carbocycles. The molecule has 156 valence electrons. The van der Waals surface area contributed by atoms with Gasteiger partial charge in [-0.2, -0.15) is 4.31 Å². The quantitative estimate of drug-likeness (QED) is 0.692. The van der Waals surface area contributed by atoms with Crippen molar-refractivity contribution in [1.82, 2.24) is 9.62 Å². The van der Waals surface area contributed by atoms with Gasteiger partial charge in [0.1, 0.15) is 0 Å². The molecule has 0 bridgehead atoms. The van der Waals surface area contributed by atoms with Gasteiger partial charge in [0.2, 0.25) is 15.9 Å². The van der Waals surface area contributed by atoms with E-state index in [0.29, 0.717) is 43.5 Å². The predicted octanol–water partition coefficient (Wildman–Crippen LogP) is 2.88. The summed E-state index contributed by atoms with van der Waals surface area (Å²) in [4.78, 5) is 14.1. The van der Waals surface area contributed by atoms with E-state index in [1.807, 2.05) is 24.3 Å². The Hall–Kier alpha value is -1.31. The first-order valence-corrected chi connectivity index (χ1v) is 12.2. The second-order valence-corrected chi connectivity index (χ2v) is 10.2. The van der Waals surface area contributed by atoms with Crippen LogP contribution < -0.4 is 10.2 Å². The van der Waals surface area contributed by atoms with E-state index >= 15 is 0 Å². The summed E-state index contributed by atoms with van der Waals surface area (Å²) in [6, 6.07) is 7.61. The highest BCUT2D eigenvalue weighted by molar-refractivity contribution is 7.89. The Morgan fingerprint density at radius 3 is 2.54 bits per heavy atom. The Labute approximate surface area is 173 Å². The van der Waals surface area contributed by atoms with Crippen LogP contribution in [-0.4, -0.2) is 57.1 Å². The van der Waals surface area contributed by atoms with Gasteiger partial charge in [-0.15, -0.1) is 0 Å². The highest BCUT2D eigenvalue weighted by atomic mass is 35.5. The molecule has 0 aromatic heterocycles. The van der Waals surface area contributed by atoms with E-state index in [-0.39, 0.29) is 18.2 Å². The zero-order valence-electron chi connectivity index (χ0n) is 16.3. The van der Waals surface area contributed by atoms with Gasteiger partial charge in [-0.25, -0.2) is 8.42 Å². The molecule has 28 heavy (non-hydrogen) atoms. The summed E-state index contributed by atoms with van der Waals surface area (Å²) in [6.45, 7) is 2.34. The fourth-order valence-electron chi connectivity index (χ4n) is 4.07. The number of rotatable bonds is 8. The second-order valence-electron chi connectivity index (χ2n) is 7.72. The number of hydrogen-bond acceptors (Lipinski definition) is 4. The molecule has 2 aliphatic rings. The number of carbonyl (C=O) groups excluding carboxylic acids is 1. The number of carbonyl (C=O) groups is 1. The summed E-state index contributed by atoms with van der Waals surface area (Å²) in [7, 11) is -3.36. The van der Waals surface area contributed by atoms with Crippen LogP contribution in [0.25, 0.3) is 0 Å². The lowest BCUT2D eigenvalue weighted by Crippen LogP contribution is -2.50. The Morgan fingerprint density at radius 2 is 1.86 bits per heavy atom. The first-order chi connectivity index (χ1) is 13.4. The maximum Gasteiger partial charge on any atom is 0.220 e. The molecule has 1 aliphatic heterocycles. The molecule has 0 radical (unpaired) electrons. The Bertz CT molecular complexity index is 758. The summed E-state index contributed by atoms with van der Waals surface area (Å²) >= 11 is 6.04. The van der Waals surface area contributed by atoms with Crippen LogP contribution in [0.15, 0.2) is 24.3 Å². The number of hydrogen-bond donors (Lipinski definition) is 1. The average molecular weight is 428 g/mol. The minimum atomic E-state index is -3.36. The molecule has 0 spiro atoms. The van der Waals surface area contributed by atoms with Crippen molar-refractivity contribution >= 4 is 33.2 Å². The number of nitrogens with zero attached hydrogens (tertiary/aromatic N) is 2. The van der Waals surface area contributed by atoms with Gasteiger partial charge >= 0.3 is 0 Å². The van der Waals surface area contributed by atoms with Gasteiger partial charge in [0.15, 0.2) is 0 Å². The number of amides is 1. The molecule has 1 heterocycles. The van der Waals surface area contributed by atoms with Gasteiger partial charge in [0.05, 0.1) is 5.75 Å². The van der Waals surface area contributed by atoms with Gasteiger partial charge in [0, 0.05) is 49.9 Å². The van der Waals surface area contributed by atoms with Crippen molar-refractivity contribution in [2.45, 2.75) is 38.5 Å². The number of sulfonamides is 1. The van der Waals surface area contributed by atoms with Crippen molar-refractivity contribution in [2.24, 2.45) is 5.92 Å². The summed E-state index contributed by atoms with van der Waals surface area (Å²) < 4.78 is 26.7. The summed E-state index contributed by atoms with van der Waals surface area (Å²) in [6.07, 6.45) is 6.42. The summed E-state index contributed by atoms with van der Waals surface area (Å²) in [5.41, 5.74) is 1.01. The molecule has 1 saturated carbocycles. The zero-order chi connectivity index (χ0) is 20.0. The summed E-state index contributed by atoms with van der Waals surface area (Å²) in [5.74, 6) is 0.595. The lowest BCUT2D eigenvalue weighted by molar-refractivity contribution is -0.121. The molecule has 0 atom stereocenters. The Balaban J connectivity index is 1.38. The highest BCUT2D eigenvalue weighted by Gasteiger charge is 2.27. The van der Waals surface area contributed by atoms with E-state index in [1.54, 1.807) is 0 Å². The second kappa shape index (κ2) is 9.94.